The molecule has 0 radical (unpaired) electrons. The number of aliphatic hydroxyl groups is 1. The SMILES string of the molecule is COC(=O)CNC(=O)C1(O)CC(S(=O)(=O)c2cc(C(=O)Nc3ccc(F)c(F)c3)ccc2Cl)C1. The molecule has 182 valence electrons. The summed E-state index contributed by atoms with van der Waals surface area (Å²) in [6.07, 6.45) is -0.909. The molecule has 1 fully saturated rings. The second-order valence-electron chi connectivity index (χ2n) is 7.59. The van der Waals surface area contributed by atoms with Gasteiger partial charge in [-0.1, -0.05) is 11.6 Å². The minimum absolute atomic E-state index is 0.0507. The van der Waals surface area contributed by atoms with Crippen molar-refractivity contribution in [2.75, 3.05) is 19.0 Å². The molecule has 34 heavy (non-hydrogen) atoms. The van der Waals surface area contributed by atoms with Gasteiger partial charge in [0.15, 0.2) is 21.5 Å². The molecule has 0 aromatic heterocycles. The first-order chi connectivity index (χ1) is 15.9. The van der Waals surface area contributed by atoms with Crippen molar-refractivity contribution in [3.8, 4) is 0 Å². The maximum Gasteiger partial charge on any atom is 0.325 e. The molecule has 1 saturated carbocycles. The largest absolute Gasteiger partial charge is 0.468 e. The van der Waals surface area contributed by atoms with Crippen LogP contribution in [0.15, 0.2) is 41.3 Å². The van der Waals surface area contributed by atoms with Gasteiger partial charge in [0.2, 0.25) is 0 Å². The lowest BCUT2D eigenvalue weighted by molar-refractivity contribution is -0.151. The summed E-state index contributed by atoms with van der Waals surface area (Å²) in [5, 5.41) is 13.5. The quantitative estimate of drug-likeness (QED) is 0.477. The van der Waals surface area contributed by atoms with Crippen LogP contribution in [-0.2, 0) is 24.2 Å². The molecule has 1 aliphatic rings. The molecule has 0 atom stereocenters. The van der Waals surface area contributed by atoms with E-state index >= 15 is 0 Å². The number of anilines is 1. The number of carbonyl (C=O) groups is 3. The normalized spacial score (nSPS) is 19.6. The van der Waals surface area contributed by atoms with Gasteiger partial charge < -0.3 is 20.5 Å². The first-order valence-electron chi connectivity index (χ1n) is 9.75. The number of benzene rings is 2. The molecule has 3 N–H and O–H groups in total. The minimum Gasteiger partial charge on any atom is -0.468 e. The average molecular weight is 517 g/mol. The summed E-state index contributed by atoms with van der Waals surface area (Å²) in [6, 6.07) is 6.16. The molecule has 13 heteroatoms. The Labute approximate surface area is 198 Å². The van der Waals surface area contributed by atoms with Crippen LogP contribution in [0.2, 0.25) is 5.02 Å². The Morgan fingerprint density at radius 2 is 1.82 bits per heavy atom. The van der Waals surface area contributed by atoms with Crippen molar-refractivity contribution in [1.29, 1.82) is 0 Å². The molecular weight excluding hydrogens is 498 g/mol. The highest BCUT2D eigenvalue weighted by Gasteiger charge is 2.54. The summed E-state index contributed by atoms with van der Waals surface area (Å²) < 4.78 is 56.9. The maximum atomic E-state index is 13.4. The molecule has 1 aliphatic carbocycles. The number of sulfone groups is 1. The number of halogens is 3. The molecule has 3 rings (SSSR count). The lowest BCUT2D eigenvalue weighted by Gasteiger charge is -2.41. The zero-order chi connectivity index (χ0) is 25.3. The topological polar surface area (TPSA) is 139 Å². The number of nitrogens with one attached hydrogen (secondary N) is 2. The van der Waals surface area contributed by atoms with E-state index in [0.29, 0.717) is 0 Å². The summed E-state index contributed by atoms with van der Waals surface area (Å²) in [5.41, 5.74) is -2.18. The van der Waals surface area contributed by atoms with Gasteiger partial charge in [0.05, 0.1) is 22.3 Å². The highest BCUT2D eigenvalue weighted by atomic mass is 35.5. The predicted molar refractivity (Wildman–Crippen MR) is 116 cm³/mol. The lowest BCUT2D eigenvalue weighted by atomic mass is 9.79. The van der Waals surface area contributed by atoms with E-state index in [2.05, 4.69) is 15.4 Å². The molecule has 0 aliphatic heterocycles. The van der Waals surface area contributed by atoms with Gasteiger partial charge in [-0.3, -0.25) is 14.4 Å². The van der Waals surface area contributed by atoms with Crippen LogP contribution in [0.25, 0.3) is 0 Å². The number of carbonyl (C=O) groups excluding carboxylic acids is 3. The van der Waals surface area contributed by atoms with Crippen LogP contribution in [0.1, 0.15) is 23.2 Å². The Balaban J connectivity index is 1.74. The van der Waals surface area contributed by atoms with Gasteiger partial charge in [-0.25, -0.2) is 17.2 Å². The third-order valence-electron chi connectivity index (χ3n) is 5.29. The van der Waals surface area contributed by atoms with Gasteiger partial charge >= 0.3 is 5.97 Å². The molecule has 9 nitrogen and oxygen atoms in total. The standard InChI is InChI=1S/C21H19ClF2N2O7S/c1-33-18(27)10-25-20(29)21(30)8-13(9-21)34(31,32)17-6-11(2-4-14(17)22)19(28)26-12-3-5-15(23)16(24)7-12/h2-7,13,30H,8-10H2,1H3,(H,25,29)(H,26,28). The van der Waals surface area contributed by atoms with Gasteiger partial charge in [-0.2, -0.15) is 0 Å². The van der Waals surface area contributed by atoms with Gasteiger partial charge in [-0.05, 0) is 30.3 Å². The smallest absolute Gasteiger partial charge is 0.325 e. The van der Waals surface area contributed by atoms with Crippen LogP contribution in [0.3, 0.4) is 0 Å². The third-order valence-corrected chi connectivity index (χ3v) is 7.89. The van der Waals surface area contributed by atoms with E-state index in [0.717, 1.165) is 31.4 Å². The predicted octanol–water partition coefficient (Wildman–Crippen LogP) is 1.83. The fourth-order valence-electron chi connectivity index (χ4n) is 3.31. The van der Waals surface area contributed by atoms with Crippen LogP contribution in [0, 0.1) is 11.6 Å². The van der Waals surface area contributed by atoms with Gasteiger partial charge in [0, 0.05) is 30.2 Å². The summed E-state index contributed by atoms with van der Waals surface area (Å²) in [7, 11) is -3.05. The van der Waals surface area contributed by atoms with Crippen molar-refractivity contribution in [3.63, 3.8) is 0 Å². The van der Waals surface area contributed by atoms with Crippen LogP contribution in [-0.4, -0.2) is 55.8 Å². The van der Waals surface area contributed by atoms with Crippen LogP contribution < -0.4 is 10.6 Å². The summed E-state index contributed by atoms with van der Waals surface area (Å²) in [4.78, 5) is 35.4. The number of hydrogen-bond donors (Lipinski definition) is 3. The number of rotatable bonds is 7. The Morgan fingerprint density at radius 1 is 1.15 bits per heavy atom. The maximum absolute atomic E-state index is 13.4. The van der Waals surface area contributed by atoms with E-state index in [-0.39, 0.29) is 16.3 Å². The summed E-state index contributed by atoms with van der Waals surface area (Å²) >= 11 is 6.05. The number of esters is 1. The zero-order valence-corrected chi connectivity index (χ0v) is 19.2. The monoisotopic (exact) mass is 516 g/mol. The Hall–Kier alpha value is -3.09. The molecule has 0 heterocycles. The van der Waals surface area contributed by atoms with Gasteiger partial charge in [-0.15, -0.1) is 0 Å². The van der Waals surface area contributed by atoms with Crippen molar-refractivity contribution >= 4 is 44.9 Å². The van der Waals surface area contributed by atoms with Crippen LogP contribution in [0.5, 0.6) is 0 Å². The fourth-order valence-corrected chi connectivity index (χ4v) is 5.73. The minimum atomic E-state index is -4.17. The van der Waals surface area contributed by atoms with E-state index in [1.807, 2.05) is 0 Å². The highest BCUT2D eigenvalue weighted by molar-refractivity contribution is 7.92. The Morgan fingerprint density at radius 3 is 2.44 bits per heavy atom. The zero-order valence-electron chi connectivity index (χ0n) is 17.6. The van der Waals surface area contributed by atoms with Crippen LogP contribution >= 0.6 is 11.6 Å². The molecular formula is C21H19ClF2N2O7S. The second kappa shape index (κ2) is 9.65. The fraction of sp³-hybridized carbons (Fsp3) is 0.286. The average Bonchev–Trinajstić information content (AvgIpc) is 2.77. The van der Waals surface area contributed by atoms with Crippen molar-refractivity contribution in [3.05, 3.63) is 58.6 Å². The number of hydrogen-bond acceptors (Lipinski definition) is 7. The van der Waals surface area contributed by atoms with E-state index < -0.39 is 74.4 Å². The summed E-state index contributed by atoms with van der Waals surface area (Å²) in [5.74, 6) is -4.74. The first kappa shape index (κ1) is 25.5. The molecule has 2 amide bonds. The van der Waals surface area contributed by atoms with E-state index in [4.69, 9.17) is 11.6 Å². The van der Waals surface area contributed by atoms with Crippen molar-refractivity contribution < 1.29 is 41.4 Å². The van der Waals surface area contributed by atoms with E-state index in [1.165, 1.54) is 12.1 Å². The van der Waals surface area contributed by atoms with Crippen molar-refractivity contribution in [2.24, 2.45) is 0 Å². The number of methoxy groups -OCH3 is 1. The third kappa shape index (κ3) is 5.18. The molecule has 2 aromatic carbocycles. The molecule has 2 aromatic rings. The first-order valence-corrected chi connectivity index (χ1v) is 11.7. The molecule has 0 saturated heterocycles. The van der Waals surface area contributed by atoms with E-state index in [1.54, 1.807) is 0 Å². The second-order valence-corrected chi connectivity index (χ2v) is 10.2. The molecule has 0 unspecified atom stereocenters. The molecule has 0 bridgehead atoms. The Bertz CT molecular complexity index is 1260. The lowest BCUT2D eigenvalue weighted by Crippen LogP contribution is -2.60. The summed E-state index contributed by atoms with van der Waals surface area (Å²) in [6.45, 7) is -0.490. The van der Waals surface area contributed by atoms with Gasteiger partial charge in [0.25, 0.3) is 11.8 Å². The Kier molecular flexibility index (Phi) is 7.24. The molecule has 0 spiro atoms. The van der Waals surface area contributed by atoms with Crippen molar-refractivity contribution in [1.82, 2.24) is 5.32 Å². The number of amides is 2. The number of ether oxygens (including phenoxy) is 1. The van der Waals surface area contributed by atoms with E-state index in [9.17, 15) is 36.7 Å². The van der Waals surface area contributed by atoms with Crippen molar-refractivity contribution in [2.45, 2.75) is 28.6 Å². The van der Waals surface area contributed by atoms with Gasteiger partial charge in [0.1, 0.15) is 12.1 Å². The van der Waals surface area contributed by atoms with Crippen LogP contribution in [0.4, 0.5) is 14.5 Å². The highest BCUT2D eigenvalue weighted by Crippen LogP contribution is 2.41.